The molecule has 2 heterocycles. The van der Waals surface area contributed by atoms with Crippen LogP contribution in [0.1, 0.15) is 29.0 Å². The van der Waals surface area contributed by atoms with Crippen molar-refractivity contribution in [1.29, 1.82) is 0 Å². The number of nitrogens with zero attached hydrogens (tertiary/aromatic N) is 5. The van der Waals surface area contributed by atoms with E-state index in [1.807, 2.05) is 6.92 Å². The van der Waals surface area contributed by atoms with E-state index in [-0.39, 0.29) is 23.5 Å². The van der Waals surface area contributed by atoms with Crippen LogP contribution in [0.3, 0.4) is 0 Å². The topological polar surface area (TPSA) is 66.3 Å². The number of hydrogen-bond donors (Lipinski definition) is 1. The summed E-state index contributed by atoms with van der Waals surface area (Å²) in [6.45, 7) is 7.52. The minimum absolute atomic E-state index is 0.130. The fourth-order valence-electron chi connectivity index (χ4n) is 2.95. The summed E-state index contributed by atoms with van der Waals surface area (Å²) in [4.78, 5) is 16.9. The summed E-state index contributed by atoms with van der Waals surface area (Å²) in [7, 11) is 2.12. The highest BCUT2D eigenvalue weighted by Crippen LogP contribution is 2.17. The fraction of sp³-hybridized carbons (Fsp3) is 0.500. The lowest BCUT2D eigenvalue weighted by Gasteiger charge is -2.32. The minimum Gasteiger partial charge on any atom is -0.349 e. The molecule has 0 bridgehead atoms. The molecule has 7 nitrogen and oxygen atoms in total. The minimum atomic E-state index is -0.278. The van der Waals surface area contributed by atoms with Crippen molar-refractivity contribution in [2.24, 2.45) is 0 Å². The summed E-state index contributed by atoms with van der Waals surface area (Å²) in [6.07, 6.45) is 1.62. The lowest BCUT2D eigenvalue weighted by Crippen LogP contribution is -2.46. The number of hydrogen-bond acceptors (Lipinski definition) is 5. The van der Waals surface area contributed by atoms with Crippen LogP contribution in [0.4, 0.5) is 4.39 Å². The Morgan fingerprint density at radius 2 is 1.92 bits per heavy atom. The van der Waals surface area contributed by atoms with Crippen molar-refractivity contribution in [2.45, 2.75) is 13.0 Å². The van der Waals surface area contributed by atoms with Gasteiger partial charge in [0.2, 0.25) is 0 Å². The molecule has 0 aliphatic carbocycles. The summed E-state index contributed by atoms with van der Waals surface area (Å²) in [5.41, 5.74) is 1.19. The summed E-state index contributed by atoms with van der Waals surface area (Å²) < 4.78 is 14.7. The monoisotopic (exact) mass is 360 g/mol. The molecule has 0 radical (unpaired) electrons. The highest BCUT2D eigenvalue weighted by atomic mass is 19.1. The second-order valence-corrected chi connectivity index (χ2v) is 6.71. The predicted molar refractivity (Wildman–Crippen MR) is 96.5 cm³/mol. The zero-order chi connectivity index (χ0) is 18.5. The van der Waals surface area contributed by atoms with Crippen LogP contribution >= 0.6 is 0 Å². The van der Waals surface area contributed by atoms with Crippen molar-refractivity contribution in [2.75, 3.05) is 46.3 Å². The van der Waals surface area contributed by atoms with Gasteiger partial charge in [-0.3, -0.25) is 9.69 Å². The van der Waals surface area contributed by atoms with E-state index in [0.717, 1.165) is 38.3 Å². The Labute approximate surface area is 152 Å². The molecular weight excluding hydrogens is 335 g/mol. The highest BCUT2D eigenvalue weighted by molar-refractivity contribution is 5.91. The molecule has 1 fully saturated rings. The molecule has 1 aromatic heterocycles. The molecule has 26 heavy (non-hydrogen) atoms. The summed E-state index contributed by atoms with van der Waals surface area (Å²) >= 11 is 0. The average Bonchev–Trinajstić information content (AvgIpc) is 3.13. The van der Waals surface area contributed by atoms with Crippen LogP contribution in [0.15, 0.2) is 30.5 Å². The van der Waals surface area contributed by atoms with E-state index in [1.54, 1.807) is 23.0 Å². The summed E-state index contributed by atoms with van der Waals surface area (Å²) in [5, 5.41) is 10.9. The zero-order valence-corrected chi connectivity index (χ0v) is 15.2. The second kappa shape index (κ2) is 8.37. The number of likely N-dealkylation sites (N-methyl/N-ethyl adjacent to an activating group) is 1. The van der Waals surface area contributed by atoms with E-state index >= 15 is 0 Å². The molecule has 0 saturated carbocycles. The number of carbonyl (C=O) groups excluding carboxylic acids is 1. The fourth-order valence-corrected chi connectivity index (χ4v) is 2.95. The molecule has 1 aliphatic rings. The van der Waals surface area contributed by atoms with Crippen LogP contribution in [0.5, 0.6) is 0 Å². The molecule has 2 aromatic rings. The molecule has 0 spiro atoms. The standard InChI is InChI=1S/C18H25FN6O/c1-14(15-3-5-16(19)6-4-15)25-13-17(21-22-25)18(26)20-7-8-24-11-9-23(2)10-12-24/h3-6,13-14H,7-12H2,1-2H3,(H,20,26). The molecule has 1 atom stereocenters. The van der Waals surface area contributed by atoms with Crippen LogP contribution in [-0.4, -0.2) is 77.0 Å². The zero-order valence-electron chi connectivity index (χ0n) is 15.2. The van der Waals surface area contributed by atoms with Gasteiger partial charge in [0, 0.05) is 39.3 Å². The van der Waals surface area contributed by atoms with Gasteiger partial charge >= 0.3 is 0 Å². The van der Waals surface area contributed by atoms with Crippen molar-refractivity contribution >= 4 is 5.91 Å². The first kappa shape index (κ1) is 18.5. The maximum Gasteiger partial charge on any atom is 0.273 e. The van der Waals surface area contributed by atoms with Gasteiger partial charge in [-0.1, -0.05) is 17.3 Å². The summed E-state index contributed by atoms with van der Waals surface area (Å²) in [6, 6.07) is 6.10. The number of aromatic nitrogens is 3. The molecule has 8 heteroatoms. The van der Waals surface area contributed by atoms with Gasteiger partial charge in [-0.2, -0.15) is 0 Å². The number of piperazine rings is 1. The normalized spacial score (nSPS) is 17.2. The van der Waals surface area contributed by atoms with Gasteiger partial charge in [-0.05, 0) is 31.7 Å². The summed E-state index contributed by atoms with van der Waals surface area (Å²) in [5.74, 6) is -0.503. The number of amides is 1. The number of benzene rings is 1. The second-order valence-electron chi connectivity index (χ2n) is 6.71. The van der Waals surface area contributed by atoms with E-state index < -0.39 is 0 Å². The third-order valence-electron chi connectivity index (χ3n) is 4.80. The van der Waals surface area contributed by atoms with Crippen molar-refractivity contribution in [3.05, 3.63) is 47.5 Å². The van der Waals surface area contributed by atoms with Crippen LogP contribution in [0.25, 0.3) is 0 Å². The Morgan fingerprint density at radius 3 is 2.62 bits per heavy atom. The van der Waals surface area contributed by atoms with Crippen LogP contribution in [0, 0.1) is 5.82 Å². The smallest absolute Gasteiger partial charge is 0.273 e. The highest BCUT2D eigenvalue weighted by Gasteiger charge is 2.16. The van der Waals surface area contributed by atoms with Crippen molar-refractivity contribution in [3.63, 3.8) is 0 Å². The average molecular weight is 360 g/mol. The van der Waals surface area contributed by atoms with E-state index in [0.29, 0.717) is 6.54 Å². The van der Waals surface area contributed by atoms with E-state index in [9.17, 15) is 9.18 Å². The van der Waals surface area contributed by atoms with Gasteiger partial charge in [0.25, 0.3) is 5.91 Å². The third kappa shape index (κ3) is 4.64. The number of nitrogens with one attached hydrogen (secondary N) is 1. The lowest BCUT2D eigenvalue weighted by atomic mass is 10.1. The van der Waals surface area contributed by atoms with E-state index in [1.165, 1.54) is 12.1 Å². The van der Waals surface area contributed by atoms with Crippen LogP contribution < -0.4 is 5.32 Å². The Morgan fingerprint density at radius 1 is 1.23 bits per heavy atom. The van der Waals surface area contributed by atoms with E-state index in [4.69, 9.17) is 0 Å². The van der Waals surface area contributed by atoms with Gasteiger partial charge in [0.05, 0.1) is 12.2 Å². The maximum atomic E-state index is 13.0. The molecule has 1 N–H and O–H groups in total. The van der Waals surface area contributed by atoms with Crippen molar-refractivity contribution in [1.82, 2.24) is 30.1 Å². The first-order chi connectivity index (χ1) is 12.5. The molecule has 1 amide bonds. The first-order valence-electron chi connectivity index (χ1n) is 8.89. The quantitative estimate of drug-likeness (QED) is 0.833. The Kier molecular flexibility index (Phi) is 5.95. The maximum absolute atomic E-state index is 13.0. The number of carbonyl (C=O) groups is 1. The molecule has 1 aliphatic heterocycles. The SMILES string of the molecule is CC(c1ccc(F)cc1)n1cc(C(=O)NCCN2CCN(C)CC2)nn1. The lowest BCUT2D eigenvalue weighted by molar-refractivity contribution is 0.0936. The predicted octanol–water partition coefficient (Wildman–Crippen LogP) is 1.00. The Balaban J connectivity index is 1.50. The van der Waals surface area contributed by atoms with Gasteiger partial charge in [0.15, 0.2) is 5.69 Å². The molecule has 1 aromatic carbocycles. The first-order valence-corrected chi connectivity index (χ1v) is 8.89. The Bertz CT molecular complexity index is 724. The van der Waals surface area contributed by atoms with Gasteiger partial charge < -0.3 is 10.2 Å². The van der Waals surface area contributed by atoms with Crippen LogP contribution in [0.2, 0.25) is 0 Å². The number of rotatable bonds is 6. The molecule has 1 saturated heterocycles. The molecular formula is C18H25FN6O. The number of halogens is 1. The van der Waals surface area contributed by atoms with E-state index in [2.05, 4.69) is 32.5 Å². The third-order valence-corrected chi connectivity index (χ3v) is 4.80. The molecule has 1 unspecified atom stereocenters. The van der Waals surface area contributed by atoms with Gasteiger partial charge in [-0.25, -0.2) is 9.07 Å². The van der Waals surface area contributed by atoms with Crippen LogP contribution in [-0.2, 0) is 0 Å². The van der Waals surface area contributed by atoms with Crippen molar-refractivity contribution in [3.8, 4) is 0 Å². The molecule has 140 valence electrons. The van der Waals surface area contributed by atoms with Gasteiger partial charge in [0.1, 0.15) is 5.82 Å². The molecule has 3 rings (SSSR count). The van der Waals surface area contributed by atoms with Gasteiger partial charge in [-0.15, -0.1) is 5.10 Å². The Hall–Kier alpha value is -2.32. The largest absolute Gasteiger partial charge is 0.349 e. The van der Waals surface area contributed by atoms with Crippen molar-refractivity contribution < 1.29 is 9.18 Å².